The van der Waals surface area contributed by atoms with Crippen LogP contribution in [0.2, 0.25) is 0 Å². The summed E-state index contributed by atoms with van der Waals surface area (Å²) < 4.78 is 1.82. The molecule has 0 unspecified atom stereocenters. The van der Waals surface area contributed by atoms with Gasteiger partial charge in [0, 0.05) is 32.8 Å². The zero-order valence-corrected chi connectivity index (χ0v) is 10.1. The average Bonchev–Trinajstić information content (AvgIpc) is 2.58. The molecule has 0 aliphatic rings. The van der Waals surface area contributed by atoms with Gasteiger partial charge in [0.2, 0.25) is 0 Å². The highest BCUT2D eigenvalue weighted by atomic mass is 32.1. The molecule has 1 aromatic rings. The number of hydrogen-bond acceptors (Lipinski definition) is 3. The Morgan fingerprint density at radius 1 is 1.60 bits per heavy atom. The van der Waals surface area contributed by atoms with Crippen LogP contribution in [-0.2, 0) is 13.5 Å². The predicted molar refractivity (Wildman–Crippen MR) is 65.8 cm³/mol. The predicted octanol–water partition coefficient (Wildman–Crippen LogP) is 0.571. The Kier molecular flexibility index (Phi) is 4.71. The van der Waals surface area contributed by atoms with E-state index in [1.54, 1.807) is 0 Å². The van der Waals surface area contributed by atoms with E-state index in [0.29, 0.717) is 4.99 Å². The molecule has 1 aromatic heterocycles. The maximum Gasteiger partial charge on any atom is 0.0740 e. The van der Waals surface area contributed by atoms with E-state index in [9.17, 15) is 0 Å². The van der Waals surface area contributed by atoms with Gasteiger partial charge < -0.3 is 10.6 Å². The standard InChI is InChI=1S/C10H18N4S/c1-13(6-4-10(11)15)5-3-9-7-12-14(2)8-9/h7-8H,3-6H2,1-2H3,(H2,11,15). The number of thiocarbonyl (C=S) groups is 1. The van der Waals surface area contributed by atoms with Crippen LogP contribution in [0.4, 0.5) is 0 Å². The molecular formula is C10H18N4S. The fourth-order valence-corrected chi connectivity index (χ4v) is 1.43. The van der Waals surface area contributed by atoms with E-state index in [-0.39, 0.29) is 0 Å². The van der Waals surface area contributed by atoms with Crippen molar-refractivity contribution in [2.45, 2.75) is 12.8 Å². The minimum atomic E-state index is 0.586. The van der Waals surface area contributed by atoms with Crippen molar-refractivity contribution < 1.29 is 0 Å². The molecule has 0 saturated carbocycles. The van der Waals surface area contributed by atoms with E-state index >= 15 is 0 Å². The highest BCUT2D eigenvalue weighted by molar-refractivity contribution is 7.80. The Labute approximate surface area is 96.1 Å². The van der Waals surface area contributed by atoms with Crippen LogP contribution < -0.4 is 5.73 Å². The van der Waals surface area contributed by atoms with Gasteiger partial charge in [0.25, 0.3) is 0 Å². The van der Waals surface area contributed by atoms with E-state index in [4.69, 9.17) is 18.0 Å². The fourth-order valence-electron chi connectivity index (χ4n) is 1.33. The molecule has 0 radical (unpaired) electrons. The zero-order chi connectivity index (χ0) is 11.3. The van der Waals surface area contributed by atoms with Gasteiger partial charge in [-0.05, 0) is 19.0 Å². The second-order valence-corrected chi connectivity index (χ2v) is 4.32. The third-order valence-electron chi connectivity index (χ3n) is 2.28. The molecule has 4 nitrogen and oxygen atoms in total. The molecule has 1 rings (SSSR count). The third-order valence-corrected chi connectivity index (χ3v) is 2.48. The van der Waals surface area contributed by atoms with Crippen molar-refractivity contribution >= 4 is 17.2 Å². The van der Waals surface area contributed by atoms with Crippen molar-refractivity contribution in [3.63, 3.8) is 0 Å². The maximum absolute atomic E-state index is 5.44. The molecule has 1 heterocycles. The number of aromatic nitrogens is 2. The van der Waals surface area contributed by atoms with Crippen LogP contribution in [-0.4, -0.2) is 39.8 Å². The summed E-state index contributed by atoms with van der Waals surface area (Å²) in [7, 11) is 4.01. The summed E-state index contributed by atoms with van der Waals surface area (Å²) in [6, 6.07) is 0. The molecule has 84 valence electrons. The van der Waals surface area contributed by atoms with Crippen molar-refractivity contribution in [1.82, 2.24) is 14.7 Å². The van der Waals surface area contributed by atoms with Crippen molar-refractivity contribution in [3.8, 4) is 0 Å². The zero-order valence-electron chi connectivity index (χ0n) is 9.31. The van der Waals surface area contributed by atoms with Gasteiger partial charge in [-0.1, -0.05) is 12.2 Å². The van der Waals surface area contributed by atoms with Crippen molar-refractivity contribution in [2.75, 3.05) is 20.1 Å². The van der Waals surface area contributed by atoms with E-state index < -0.39 is 0 Å². The highest BCUT2D eigenvalue weighted by Gasteiger charge is 2.01. The summed E-state index contributed by atoms with van der Waals surface area (Å²) in [5.74, 6) is 0. The first-order chi connectivity index (χ1) is 7.08. The normalized spacial score (nSPS) is 10.9. The van der Waals surface area contributed by atoms with Gasteiger partial charge in [-0.25, -0.2) is 0 Å². The monoisotopic (exact) mass is 226 g/mol. The summed E-state index contributed by atoms with van der Waals surface area (Å²) in [5, 5.41) is 4.13. The Bertz CT molecular complexity index is 321. The first-order valence-corrected chi connectivity index (χ1v) is 5.43. The maximum atomic E-state index is 5.44. The lowest BCUT2D eigenvalue weighted by atomic mass is 10.2. The highest BCUT2D eigenvalue weighted by Crippen LogP contribution is 1.99. The van der Waals surface area contributed by atoms with Crippen LogP contribution in [0.5, 0.6) is 0 Å². The quantitative estimate of drug-likeness (QED) is 0.721. The first kappa shape index (κ1) is 12.1. The molecule has 0 aromatic carbocycles. The summed E-state index contributed by atoms with van der Waals surface area (Å²) in [5.41, 5.74) is 6.71. The molecule has 0 fully saturated rings. The molecule has 0 saturated heterocycles. The van der Waals surface area contributed by atoms with E-state index in [1.165, 1.54) is 5.56 Å². The number of nitrogens with two attached hydrogens (primary N) is 1. The van der Waals surface area contributed by atoms with Crippen LogP contribution in [0.3, 0.4) is 0 Å². The number of aryl methyl sites for hydroxylation is 1. The Hall–Kier alpha value is -0.940. The van der Waals surface area contributed by atoms with Crippen molar-refractivity contribution in [2.24, 2.45) is 12.8 Å². The minimum Gasteiger partial charge on any atom is -0.393 e. The SMILES string of the molecule is CN(CCC(N)=S)CCc1cnn(C)c1. The number of likely N-dealkylation sites (N-methyl/N-ethyl adjacent to an activating group) is 1. The topological polar surface area (TPSA) is 47.1 Å². The molecule has 5 heteroatoms. The molecular weight excluding hydrogens is 208 g/mol. The molecule has 0 bridgehead atoms. The van der Waals surface area contributed by atoms with Crippen LogP contribution in [0, 0.1) is 0 Å². The van der Waals surface area contributed by atoms with Crippen LogP contribution in [0.15, 0.2) is 12.4 Å². The minimum absolute atomic E-state index is 0.586. The van der Waals surface area contributed by atoms with E-state index in [2.05, 4.69) is 17.0 Å². The fraction of sp³-hybridized carbons (Fsp3) is 0.600. The molecule has 0 spiro atoms. The van der Waals surface area contributed by atoms with E-state index in [0.717, 1.165) is 25.9 Å². The van der Waals surface area contributed by atoms with Gasteiger partial charge in [-0.3, -0.25) is 4.68 Å². The average molecular weight is 226 g/mol. The number of hydrogen-bond donors (Lipinski definition) is 1. The van der Waals surface area contributed by atoms with Gasteiger partial charge in [0.1, 0.15) is 0 Å². The second kappa shape index (κ2) is 5.82. The second-order valence-electron chi connectivity index (χ2n) is 3.79. The Balaban J connectivity index is 2.22. The van der Waals surface area contributed by atoms with Gasteiger partial charge in [-0.15, -0.1) is 0 Å². The van der Waals surface area contributed by atoms with Crippen molar-refractivity contribution in [1.29, 1.82) is 0 Å². The Morgan fingerprint density at radius 3 is 2.87 bits per heavy atom. The lowest BCUT2D eigenvalue weighted by molar-refractivity contribution is 0.349. The molecule has 2 N–H and O–H groups in total. The summed E-state index contributed by atoms with van der Waals surface area (Å²) in [6.07, 6.45) is 5.75. The van der Waals surface area contributed by atoms with Gasteiger partial charge in [-0.2, -0.15) is 5.10 Å². The largest absolute Gasteiger partial charge is 0.393 e. The lowest BCUT2D eigenvalue weighted by Crippen LogP contribution is -2.25. The van der Waals surface area contributed by atoms with Crippen LogP contribution >= 0.6 is 12.2 Å². The summed E-state index contributed by atoms with van der Waals surface area (Å²) >= 11 is 4.83. The van der Waals surface area contributed by atoms with Gasteiger partial charge >= 0.3 is 0 Å². The number of rotatable bonds is 6. The Morgan fingerprint density at radius 2 is 2.33 bits per heavy atom. The van der Waals surface area contributed by atoms with Crippen molar-refractivity contribution in [3.05, 3.63) is 18.0 Å². The summed E-state index contributed by atoms with van der Waals surface area (Å²) in [6.45, 7) is 1.93. The molecule has 0 atom stereocenters. The van der Waals surface area contributed by atoms with Crippen LogP contribution in [0.25, 0.3) is 0 Å². The van der Waals surface area contributed by atoms with E-state index in [1.807, 2.05) is 24.1 Å². The number of nitrogens with zero attached hydrogens (tertiary/aromatic N) is 3. The van der Waals surface area contributed by atoms with Crippen LogP contribution in [0.1, 0.15) is 12.0 Å². The van der Waals surface area contributed by atoms with Gasteiger partial charge in [0.15, 0.2) is 0 Å². The molecule has 0 amide bonds. The smallest absolute Gasteiger partial charge is 0.0740 e. The lowest BCUT2D eigenvalue weighted by Gasteiger charge is -2.15. The summed E-state index contributed by atoms with van der Waals surface area (Å²) in [4.78, 5) is 2.81. The van der Waals surface area contributed by atoms with Gasteiger partial charge in [0.05, 0.1) is 11.2 Å². The third kappa shape index (κ3) is 4.90. The molecule has 15 heavy (non-hydrogen) atoms. The molecule has 0 aliphatic heterocycles. The molecule has 0 aliphatic carbocycles. The first-order valence-electron chi connectivity index (χ1n) is 5.02.